The minimum atomic E-state index is -0.642. The summed E-state index contributed by atoms with van der Waals surface area (Å²) in [5.41, 5.74) is 5.66. The van der Waals surface area contributed by atoms with Crippen LogP contribution in [-0.2, 0) is 6.54 Å². The number of rotatable bonds is 3. The Morgan fingerprint density at radius 3 is 2.78 bits per heavy atom. The van der Waals surface area contributed by atoms with Crippen LogP contribution in [0.2, 0.25) is 0 Å². The molecular weight excluding hydrogens is 306 g/mol. The summed E-state index contributed by atoms with van der Waals surface area (Å²) >= 11 is 3.18. The minimum absolute atomic E-state index is 0.0367. The molecule has 1 aromatic carbocycles. The molecule has 0 saturated heterocycles. The molecule has 0 amide bonds. The van der Waals surface area contributed by atoms with E-state index in [1.165, 1.54) is 24.4 Å². The summed E-state index contributed by atoms with van der Waals surface area (Å²) in [6, 6.07) is 5.33. The van der Waals surface area contributed by atoms with Gasteiger partial charge >= 0.3 is 0 Å². The number of benzene rings is 1. The third-order valence-corrected chi connectivity index (χ3v) is 2.91. The van der Waals surface area contributed by atoms with Crippen LogP contribution in [0.5, 0.6) is 11.6 Å². The van der Waals surface area contributed by atoms with E-state index < -0.39 is 11.6 Å². The smallest absolute Gasteiger partial charge is 0.256 e. The highest BCUT2D eigenvalue weighted by Crippen LogP contribution is 2.31. The fourth-order valence-corrected chi connectivity index (χ4v) is 1.68. The fraction of sp³-hybridized carbons (Fsp3) is 0.0833. The lowest BCUT2D eigenvalue weighted by atomic mass is 10.2. The third-order valence-electron chi connectivity index (χ3n) is 2.26. The Morgan fingerprint density at radius 2 is 2.06 bits per heavy atom. The van der Waals surface area contributed by atoms with Crippen molar-refractivity contribution in [2.24, 2.45) is 5.73 Å². The molecule has 1 heterocycles. The van der Waals surface area contributed by atoms with E-state index in [4.69, 9.17) is 10.5 Å². The molecule has 2 rings (SSSR count). The summed E-state index contributed by atoms with van der Waals surface area (Å²) in [6.07, 6.45) is 1.38. The average molecular weight is 315 g/mol. The molecule has 2 N–H and O–H groups in total. The molecule has 0 aliphatic rings. The molecule has 0 unspecified atom stereocenters. The maximum absolute atomic E-state index is 13.8. The second-order valence-electron chi connectivity index (χ2n) is 3.47. The normalized spacial score (nSPS) is 10.4. The predicted molar refractivity (Wildman–Crippen MR) is 66.3 cm³/mol. The van der Waals surface area contributed by atoms with E-state index in [2.05, 4.69) is 20.9 Å². The summed E-state index contributed by atoms with van der Waals surface area (Å²) in [5.74, 6) is -1.21. The van der Waals surface area contributed by atoms with Crippen molar-refractivity contribution in [3.05, 3.63) is 52.1 Å². The van der Waals surface area contributed by atoms with Crippen LogP contribution < -0.4 is 10.5 Å². The lowest BCUT2D eigenvalue weighted by Gasteiger charge is -2.09. The highest BCUT2D eigenvalue weighted by Gasteiger charge is 2.12. The van der Waals surface area contributed by atoms with Crippen LogP contribution in [0.1, 0.15) is 5.56 Å². The zero-order valence-electron chi connectivity index (χ0n) is 9.16. The third kappa shape index (κ3) is 2.65. The molecule has 18 heavy (non-hydrogen) atoms. The van der Waals surface area contributed by atoms with Gasteiger partial charge < -0.3 is 10.5 Å². The first-order chi connectivity index (χ1) is 8.61. The summed E-state index contributed by atoms with van der Waals surface area (Å²) in [4.78, 5) is 3.76. The Bertz CT molecular complexity index is 578. The standard InChI is InChI=1S/C12H9BrF2N2O/c13-9-2-1-8(14)5-10(9)18-12-11(15)7(6-16)3-4-17-12/h1-5H,6,16H2. The van der Waals surface area contributed by atoms with Crippen LogP contribution in [-0.4, -0.2) is 4.98 Å². The topological polar surface area (TPSA) is 48.1 Å². The van der Waals surface area contributed by atoms with E-state index in [9.17, 15) is 8.78 Å². The number of nitrogens with two attached hydrogens (primary N) is 1. The molecule has 6 heteroatoms. The molecule has 0 atom stereocenters. The highest BCUT2D eigenvalue weighted by molar-refractivity contribution is 9.10. The van der Waals surface area contributed by atoms with Crippen molar-refractivity contribution in [1.82, 2.24) is 4.98 Å². The summed E-state index contributed by atoms with van der Waals surface area (Å²) in [7, 11) is 0. The molecule has 0 saturated carbocycles. The van der Waals surface area contributed by atoms with Crippen molar-refractivity contribution in [3.8, 4) is 11.6 Å². The Kier molecular flexibility index (Phi) is 3.88. The van der Waals surface area contributed by atoms with Gasteiger partial charge in [-0.15, -0.1) is 0 Å². The Morgan fingerprint density at radius 1 is 1.28 bits per heavy atom. The summed E-state index contributed by atoms with van der Waals surface area (Å²) in [6.45, 7) is 0.0367. The quantitative estimate of drug-likeness (QED) is 0.945. The van der Waals surface area contributed by atoms with E-state index in [1.807, 2.05) is 0 Å². The van der Waals surface area contributed by atoms with Gasteiger partial charge in [0.15, 0.2) is 5.82 Å². The van der Waals surface area contributed by atoms with E-state index in [0.717, 1.165) is 6.07 Å². The fourth-order valence-electron chi connectivity index (χ4n) is 1.35. The number of pyridine rings is 1. The minimum Gasteiger partial charge on any atom is -0.435 e. The maximum atomic E-state index is 13.8. The van der Waals surface area contributed by atoms with Crippen LogP contribution in [0, 0.1) is 11.6 Å². The first-order valence-corrected chi connectivity index (χ1v) is 5.87. The van der Waals surface area contributed by atoms with Gasteiger partial charge in [-0.25, -0.2) is 13.8 Å². The van der Waals surface area contributed by atoms with Crippen LogP contribution in [0.25, 0.3) is 0 Å². The molecule has 0 spiro atoms. The Labute approximate surface area is 111 Å². The lowest BCUT2D eigenvalue weighted by Crippen LogP contribution is -2.02. The predicted octanol–water partition coefficient (Wildman–Crippen LogP) is 3.37. The van der Waals surface area contributed by atoms with Crippen molar-refractivity contribution < 1.29 is 13.5 Å². The summed E-state index contributed by atoms with van der Waals surface area (Å²) in [5, 5.41) is 0. The number of ether oxygens (including phenoxy) is 1. The van der Waals surface area contributed by atoms with Crippen LogP contribution >= 0.6 is 15.9 Å². The monoisotopic (exact) mass is 314 g/mol. The zero-order chi connectivity index (χ0) is 13.1. The molecule has 0 fully saturated rings. The van der Waals surface area contributed by atoms with E-state index in [0.29, 0.717) is 4.47 Å². The molecule has 2 aromatic rings. The number of hydrogen-bond acceptors (Lipinski definition) is 3. The average Bonchev–Trinajstić information content (AvgIpc) is 2.36. The number of hydrogen-bond donors (Lipinski definition) is 1. The summed E-state index contributed by atoms with van der Waals surface area (Å²) < 4.78 is 32.6. The van der Waals surface area contributed by atoms with Gasteiger partial charge in [-0.2, -0.15) is 0 Å². The van der Waals surface area contributed by atoms with E-state index in [-0.39, 0.29) is 23.7 Å². The van der Waals surface area contributed by atoms with Gasteiger partial charge in [0.2, 0.25) is 0 Å². The van der Waals surface area contributed by atoms with Crippen molar-refractivity contribution in [2.45, 2.75) is 6.54 Å². The molecule has 3 nitrogen and oxygen atoms in total. The molecule has 0 aliphatic heterocycles. The van der Waals surface area contributed by atoms with Gasteiger partial charge in [0, 0.05) is 24.4 Å². The molecule has 0 aliphatic carbocycles. The second kappa shape index (κ2) is 5.41. The first-order valence-electron chi connectivity index (χ1n) is 5.08. The van der Waals surface area contributed by atoms with Crippen molar-refractivity contribution in [3.63, 3.8) is 0 Å². The zero-order valence-corrected chi connectivity index (χ0v) is 10.7. The van der Waals surface area contributed by atoms with Gasteiger partial charge in [0.25, 0.3) is 5.88 Å². The molecule has 1 aromatic heterocycles. The second-order valence-corrected chi connectivity index (χ2v) is 4.32. The SMILES string of the molecule is NCc1ccnc(Oc2cc(F)ccc2Br)c1F. The number of nitrogens with zero attached hydrogens (tertiary/aromatic N) is 1. The van der Waals surface area contributed by atoms with Gasteiger partial charge in [-0.1, -0.05) is 0 Å². The Hall–Kier alpha value is -1.53. The highest BCUT2D eigenvalue weighted by atomic mass is 79.9. The lowest BCUT2D eigenvalue weighted by molar-refractivity contribution is 0.414. The molecule has 94 valence electrons. The van der Waals surface area contributed by atoms with Crippen LogP contribution in [0.4, 0.5) is 8.78 Å². The number of aromatic nitrogens is 1. The van der Waals surface area contributed by atoms with Crippen molar-refractivity contribution in [2.75, 3.05) is 0 Å². The molecular formula is C12H9BrF2N2O. The number of halogens is 3. The largest absolute Gasteiger partial charge is 0.435 e. The van der Waals surface area contributed by atoms with Crippen molar-refractivity contribution in [1.29, 1.82) is 0 Å². The van der Waals surface area contributed by atoms with Gasteiger partial charge in [-0.3, -0.25) is 0 Å². The van der Waals surface area contributed by atoms with E-state index >= 15 is 0 Å². The van der Waals surface area contributed by atoms with Crippen LogP contribution in [0.3, 0.4) is 0 Å². The van der Waals surface area contributed by atoms with Gasteiger partial charge in [-0.05, 0) is 34.1 Å². The molecule has 0 bridgehead atoms. The Balaban J connectivity index is 2.37. The van der Waals surface area contributed by atoms with E-state index in [1.54, 1.807) is 0 Å². The first kappa shape index (κ1) is 12.9. The van der Waals surface area contributed by atoms with Crippen molar-refractivity contribution >= 4 is 15.9 Å². The maximum Gasteiger partial charge on any atom is 0.256 e. The van der Waals surface area contributed by atoms with Gasteiger partial charge in [0.05, 0.1) is 4.47 Å². The van der Waals surface area contributed by atoms with Crippen LogP contribution in [0.15, 0.2) is 34.9 Å². The van der Waals surface area contributed by atoms with Gasteiger partial charge in [0.1, 0.15) is 11.6 Å². The molecule has 0 radical (unpaired) electrons.